The Bertz CT molecular complexity index is 1510. The number of halogens is 3. The maximum atomic E-state index is 13.8. The van der Waals surface area contributed by atoms with Gasteiger partial charge in [0.2, 0.25) is 0 Å². The number of piperidine rings is 1. The molecule has 5 heterocycles. The molecule has 1 unspecified atom stereocenters. The summed E-state index contributed by atoms with van der Waals surface area (Å²) < 4.78 is 49.7. The van der Waals surface area contributed by atoms with Crippen LogP contribution in [-0.4, -0.2) is 78.9 Å². The highest BCUT2D eigenvalue weighted by molar-refractivity contribution is 5.87. The van der Waals surface area contributed by atoms with Crippen LogP contribution in [0.1, 0.15) is 43.7 Å². The lowest BCUT2D eigenvalue weighted by Gasteiger charge is -2.37. The normalized spacial score (nSPS) is 18.6. The first-order valence-corrected chi connectivity index (χ1v) is 13.8. The minimum Gasteiger partial charge on any atom is -0.488 e. The number of rotatable bonds is 9. The average molecular weight is 571 g/mol. The van der Waals surface area contributed by atoms with E-state index in [0.717, 1.165) is 74.3 Å². The van der Waals surface area contributed by atoms with Crippen molar-refractivity contribution in [1.29, 1.82) is 0 Å². The molecule has 4 aromatic rings. The molecule has 218 valence electrons. The first kappa shape index (κ1) is 27.6. The molecule has 0 amide bonds. The highest BCUT2D eigenvalue weighted by atomic mass is 19.3. The molecule has 2 fully saturated rings. The fourth-order valence-corrected chi connectivity index (χ4v) is 5.66. The lowest BCUT2D eigenvalue weighted by molar-refractivity contribution is 0.00395. The fourth-order valence-electron chi connectivity index (χ4n) is 5.66. The Morgan fingerprint density at radius 2 is 1.95 bits per heavy atom. The van der Waals surface area contributed by atoms with Crippen molar-refractivity contribution in [2.75, 3.05) is 39.3 Å². The number of pyridine rings is 1. The van der Waals surface area contributed by atoms with Crippen molar-refractivity contribution in [3.05, 3.63) is 54.0 Å². The first-order valence-electron chi connectivity index (χ1n) is 13.8. The van der Waals surface area contributed by atoms with Crippen molar-refractivity contribution < 1.29 is 23.0 Å². The van der Waals surface area contributed by atoms with Crippen LogP contribution in [0.2, 0.25) is 0 Å². The van der Waals surface area contributed by atoms with Crippen LogP contribution >= 0.6 is 0 Å². The zero-order chi connectivity index (χ0) is 28.7. The largest absolute Gasteiger partial charge is 0.488 e. The molecule has 0 radical (unpaired) electrons. The molecule has 0 saturated carbocycles. The van der Waals surface area contributed by atoms with Gasteiger partial charge in [-0.1, -0.05) is 5.21 Å². The lowest BCUT2D eigenvalue weighted by Crippen LogP contribution is -2.49. The van der Waals surface area contributed by atoms with Gasteiger partial charge in [-0.3, -0.25) is 9.55 Å². The van der Waals surface area contributed by atoms with Crippen molar-refractivity contribution in [3.63, 3.8) is 0 Å². The summed E-state index contributed by atoms with van der Waals surface area (Å²) >= 11 is 0. The Kier molecular flexibility index (Phi) is 7.43. The fraction of sp³-hybridized carbons (Fsp3) is 0.500. The number of hydrogen-bond donors (Lipinski definition) is 2. The number of aromatic nitrogens is 6. The van der Waals surface area contributed by atoms with E-state index in [1.807, 2.05) is 11.6 Å². The van der Waals surface area contributed by atoms with Gasteiger partial charge in [0.15, 0.2) is 0 Å². The van der Waals surface area contributed by atoms with E-state index >= 15 is 0 Å². The number of alkyl halides is 2. The number of likely N-dealkylation sites (tertiary alicyclic amines) is 1. The van der Waals surface area contributed by atoms with Crippen molar-refractivity contribution in [2.45, 2.75) is 44.9 Å². The zero-order valence-corrected chi connectivity index (χ0v) is 23.0. The molecule has 3 aromatic heterocycles. The Labute approximate surface area is 235 Å². The Morgan fingerprint density at radius 1 is 1.17 bits per heavy atom. The van der Waals surface area contributed by atoms with Gasteiger partial charge in [0, 0.05) is 38.3 Å². The highest BCUT2D eigenvalue weighted by Crippen LogP contribution is 2.36. The standard InChI is InChI=1S/C28H33F3N8O2/c1-17-25(35-36-39(17)21-5-7-37(8-6-21)14-18-11-32-12-18)19-9-22-26(38(16-34-22)27(30)31)23(10-19)41-15-28(2,40)24-4-3-20(29)13-33-24/h3-4,9-10,13,16,18,21,27,32,40H,5-8,11-12,14-15H2,1-2H3. The Hall–Kier alpha value is -3.55. The average Bonchev–Trinajstić information content (AvgIpc) is 3.54. The van der Waals surface area contributed by atoms with Crippen molar-refractivity contribution in [1.82, 2.24) is 39.7 Å². The number of imidazole rings is 1. The molecular weight excluding hydrogens is 537 g/mol. The SMILES string of the molecule is Cc1c(-c2cc(OCC(C)(O)c3ccc(F)cn3)c3c(c2)ncn3C(F)F)nnn1C1CCN(CC2CNC2)CC1. The predicted molar refractivity (Wildman–Crippen MR) is 145 cm³/mol. The summed E-state index contributed by atoms with van der Waals surface area (Å²) in [5, 5.41) is 23.3. The smallest absolute Gasteiger partial charge is 0.320 e. The summed E-state index contributed by atoms with van der Waals surface area (Å²) in [6.45, 7) is 5.58. The summed E-state index contributed by atoms with van der Waals surface area (Å²) in [6, 6.07) is 6.07. The van der Waals surface area contributed by atoms with Gasteiger partial charge in [-0.15, -0.1) is 5.10 Å². The number of benzene rings is 1. The van der Waals surface area contributed by atoms with E-state index in [-0.39, 0.29) is 29.6 Å². The molecule has 0 bridgehead atoms. The van der Waals surface area contributed by atoms with Crippen LogP contribution in [0.15, 0.2) is 36.8 Å². The summed E-state index contributed by atoms with van der Waals surface area (Å²) in [7, 11) is 0. The Balaban J connectivity index is 1.26. The van der Waals surface area contributed by atoms with Crippen molar-refractivity contribution in [3.8, 4) is 17.0 Å². The molecular formula is C28H33F3N8O2. The second kappa shape index (κ2) is 11.0. The van der Waals surface area contributed by atoms with Crippen molar-refractivity contribution in [2.24, 2.45) is 5.92 Å². The molecule has 1 aromatic carbocycles. The molecule has 41 heavy (non-hydrogen) atoms. The number of hydrogen-bond acceptors (Lipinski definition) is 8. The maximum Gasteiger partial charge on any atom is 0.320 e. The van der Waals surface area contributed by atoms with Gasteiger partial charge >= 0.3 is 6.55 Å². The summed E-state index contributed by atoms with van der Waals surface area (Å²) in [5.41, 5.74) is 1.05. The number of ether oxygens (including phenoxy) is 1. The summed E-state index contributed by atoms with van der Waals surface area (Å²) in [6.07, 6.45) is 4.00. The number of aliphatic hydroxyl groups is 1. The summed E-state index contributed by atoms with van der Waals surface area (Å²) in [4.78, 5) is 10.6. The van der Waals surface area contributed by atoms with Gasteiger partial charge in [-0.25, -0.2) is 14.1 Å². The van der Waals surface area contributed by atoms with E-state index in [2.05, 4.69) is 30.5 Å². The van der Waals surface area contributed by atoms with Gasteiger partial charge in [0.1, 0.15) is 41.3 Å². The van der Waals surface area contributed by atoms with E-state index in [9.17, 15) is 18.3 Å². The topological polar surface area (TPSA) is 106 Å². The van der Waals surface area contributed by atoms with Gasteiger partial charge in [0.05, 0.1) is 29.1 Å². The quantitative estimate of drug-likeness (QED) is 0.314. The minimum absolute atomic E-state index is 0.0886. The molecule has 2 saturated heterocycles. The van der Waals surface area contributed by atoms with Crippen molar-refractivity contribution >= 4 is 11.0 Å². The van der Waals surface area contributed by atoms with E-state index in [4.69, 9.17) is 4.74 Å². The molecule has 2 N–H and O–H groups in total. The number of nitrogens with one attached hydrogen (secondary N) is 1. The molecule has 0 spiro atoms. The molecule has 13 heteroatoms. The third kappa shape index (κ3) is 5.53. The predicted octanol–water partition coefficient (Wildman–Crippen LogP) is 3.68. The van der Waals surface area contributed by atoms with Crippen LogP contribution in [0, 0.1) is 18.7 Å². The van der Waals surface area contributed by atoms with Gasteiger partial charge < -0.3 is 20.1 Å². The molecule has 1 atom stereocenters. The molecule has 2 aliphatic heterocycles. The zero-order valence-electron chi connectivity index (χ0n) is 23.0. The third-order valence-corrected chi connectivity index (χ3v) is 8.12. The summed E-state index contributed by atoms with van der Waals surface area (Å²) in [5.74, 6) is 0.299. The highest BCUT2D eigenvalue weighted by Gasteiger charge is 2.29. The lowest BCUT2D eigenvalue weighted by atomic mass is 9.99. The maximum absolute atomic E-state index is 13.8. The van der Waals surface area contributed by atoms with Crippen LogP contribution in [-0.2, 0) is 5.60 Å². The number of nitrogens with zero attached hydrogens (tertiary/aromatic N) is 7. The van der Waals surface area contributed by atoms with Gasteiger partial charge in [-0.05, 0) is 56.9 Å². The van der Waals surface area contributed by atoms with Crippen LogP contribution in [0.3, 0.4) is 0 Å². The van der Waals surface area contributed by atoms with E-state index in [1.165, 1.54) is 19.1 Å². The van der Waals surface area contributed by atoms with E-state index < -0.39 is 18.0 Å². The molecule has 6 rings (SSSR count). The van der Waals surface area contributed by atoms with Gasteiger partial charge in [-0.2, -0.15) is 8.78 Å². The van der Waals surface area contributed by atoms with E-state index in [1.54, 1.807) is 12.1 Å². The van der Waals surface area contributed by atoms with Crippen LogP contribution < -0.4 is 10.1 Å². The number of fused-ring (bicyclic) bond motifs is 1. The third-order valence-electron chi connectivity index (χ3n) is 8.12. The van der Waals surface area contributed by atoms with Crippen LogP contribution in [0.25, 0.3) is 22.3 Å². The minimum atomic E-state index is -2.85. The monoisotopic (exact) mass is 570 g/mol. The van der Waals surface area contributed by atoms with Crippen LogP contribution in [0.4, 0.5) is 13.2 Å². The Morgan fingerprint density at radius 3 is 2.61 bits per heavy atom. The van der Waals surface area contributed by atoms with Gasteiger partial charge in [0.25, 0.3) is 0 Å². The van der Waals surface area contributed by atoms with E-state index in [0.29, 0.717) is 16.8 Å². The molecule has 10 nitrogen and oxygen atoms in total. The first-order chi connectivity index (χ1) is 19.7. The second-order valence-electron chi connectivity index (χ2n) is 11.2. The molecule has 2 aliphatic rings. The molecule has 0 aliphatic carbocycles. The van der Waals surface area contributed by atoms with Crippen LogP contribution in [0.5, 0.6) is 5.75 Å². The second-order valence-corrected chi connectivity index (χ2v) is 11.2.